The molecule has 0 fully saturated rings. The molecule has 0 saturated carbocycles. The smallest absolute Gasteiger partial charge is 0.141 e. The molecule has 16 heavy (non-hydrogen) atoms. The van der Waals surface area contributed by atoms with Crippen LogP contribution >= 0.6 is 11.3 Å². The highest BCUT2D eigenvalue weighted by molar-refractivity contribution is 7.07. The Morgan fingerprint density at radius 1 is 1.44 bits per heavy atom. The quantitative estimate of drug-likeness (QED) is 0.890. The Balaban J connectivity index is 2.21. The van der Waals surface area contributed by atoms with E-state index in [9.17, 15) is 4.39 Å². The second-order valence-corrected chi connectivity index (χ2v) is 4.87. The van der Waals surface area contributed by atoms with Crippen molar-refractivity contribution in [3.63, 3.8) is 0 Å². The standard InChI is InChI=1S/C12H13FN2S/c1-12(14,6-9-4-5-16-8-9)11-3-2-10(13)7-15-11/h2-5,7-8H,6,14H2,1H3. The third kappa shape index (κ3) is 2.46. The fraction of sp³-hybridized carbons (Fsp3) is 0.250. The van der Waals surface area contributed by atoms with E-state index < -0.39 is 5.54 Å². The van der Waals surface area contributed by atoms with Crippen LogP contribution in [0.15, 0.2) is 35.2 Å². The first kappa shape index (κ1) is 11.2. The molecule has 0 amide bonds. The number of nitrogens with two attached hydrogens (primary N) is 1. The van der Waals surface area contributed by atoms with Crippen LogP contribution in [0.3, 0.4) is 0 Å². The fourth-order valence-electron chi connectivity index (χ4n) is 1.62. The van der Waals surface area contributed by atoms with E-state index in [2.05, 4.69) is 10.4 Å². The van der Waals surface area contributed by atoms with Crippen LogP contribution in [0.4, 0.5) is 4.39 Å². The van der Waals surface area contributed by atoms with E-state index >= 15 is 0 Å². The third-order valence-electron chi connectivity index (χ3n) is 2.46. The van der Waals surface area contributed by atoms with Crippen molar-refractivity contribution in [3.05, 3.63) is 52.2 Å². The molecule has 2 N–H and O–H groups in total. The molecule has 0 aromatic carbocycles. The van der Waals surface area contributed by atoms with Gasteiger partial charge in [-0.25, -0.2) is 4.39 Å². The van der Waals surface area contributed by atoms with Crippen LogP contribution in [-0.4, -0.2) is 4.98 Å². The van der Waals surface area contributed by atoms with E-state index in [-0.39, 0.29) is 5.82 Å². The number of rotatable bonds is 3. The van der Waals surface area contributed by atoms with E-state index in [1.165, 1.54) is 17.8 Å². The Morgan fingerprint density at radius 3 is 2.81 bits per heavy atom. The number of nitrogens with zero attached hydrogens (tertiary/aromatic N) is 1. The summed E-state index contributed by atoms with van der Waals surface area (Å²) in [5.41, 5.74) is 7.53. The average Bonchev–Trinajstić information content (AvgIpc) is 2.70. The molecule has 0 aliphatic heterocycles. The van der Waals surface area contributed by atoms with Crippen molar-refractivity contribution >= 4 is 11.3 Å². The molecule has 2 heterocycles. The van der Waals surface area contributed by atoms with E-state index in [0.717, 1.165) is 0 Å². The van der Waals surface area contributed by atoms with E-state index in [1.54, 1.807) is 17.4 Å². The van der Waals surface area contributed by atoms with E-state index in [1.807, 2.05) is 18.4 Å². The first-order valence-corrected chi connectivity index (χ1v) is 5.94. The Hall–Kier alpha value is -1.26. The maximum atomic E-state index is 12.8. The molecule has 0 radical (unpaired) electrons. The van der Waals surface area contributed by atoms with Gasteiger partial charge in [-0.1, -0.05) is 0 Å². The summed E-state index contributed by atoms with van der Waals surface area (Å²) in [4.78, 5) is 4.03. The van der Waals surface area contributed by atoms with Crippen molar-refractivity contribution < 1.29 is 4.39 Å². The van der Waals surface area contributed by atoms with Crippen LogP contribution < -0.4 is 5.73 Å². The van der Waals surface area contributed by atoms with E-state index in [0.29, 0.717) is 12.1 Å². The summed E-state index contributed by atoms with van der Waals surface area (Å²) in [6, 6.07) is 5.07. The van der Waals surface area contributed by atoms with Gasteiger partial charge in [-0.05, 0) is 47.9 Å². The summed E-state index contributed by atoms with van der Waals surface area (Å²) in [5, 5.41) is 4.08. The van der Waals surface area contributed by atoms with Crippen LogP contribution in [-0.2, 0) is 12.0 Å². The fourth-order valence-corrected chi connectivity index (χ4v) is 2.29. The average molecular weight is 236 g/mol. The maximum absolute atomic E-state index is 12.8. The van der Waals surface area contributed by atoms with Crippen LogP contribution in [0, 0.1) is 5.82 Å². The van der Waals surface area contributed by atoms with Crippen LogP contribution in [0.2, 0.25) is 0 Å². The number of hydrogen-bond acceptors (Lipinski definition) is 3. The molecule has 2 nitrogen and oxygen atoms in total. The van der Waals surface area contributed by atoms with Gasteiger partial charge in [0.25, 0.3) is 0 Å². The zero-order chi connectivity index (χ0) is 11.6. The van der Waals surface area contributed by atoms with Crippen molar-refractivity contribution in [1.82, 2.24) is 4.98 Å². The molecule has 0 aliphatic carbocycles. The Morgan fingerprint density at radius 2 is 2.25 bits per heavy atom. The van der Waals surface area contributed by atoms with Gasteiger partial charge < -0.3 is 5.73 Å². The highest BCUT2D eigenvalue weighted by atomic mass is 32.1. The van der Waals surface area contributed by atoms with Crippen LogP contribution in [0.5, 0.6) is 0 Å². The molecule has 0 bridgehead atoms. The summed E-state index contributed by atoms with van der Waals surface area (Å²) < 4.78 is 12.8. The normalized spacial score (nSPS) is 14.7. The molecule has 0 aliphatic rings. The highest BCUT2D eigenvalue weighted by Gasteiger charge is 2.23. The summed E-state index contributed by atoms with van der Waals surface area (Å²) >= 11 is 1.64. The molecule has 2 rings (SSSR count). The number of aromatic nitrogens is 1. The largest absolute Gasteiger partial charge is 0.320 e. The van der Waals surface area contributed by atoms with Crippen molar-refractivity contribution in [2.45, 2.75) is 18.9 Å². The minimum Gasteiger partial charge on any atom is -0.320 e. The van der Waals surface area contributed by atoms with Crippen molar-refractivity contribution in [1.29, 1.82) is 0 Å². The molecule has 0 saturated heterocycles. The van der Waals surface area contributed by atoms with Gasteiger partial charge in [-0.2, -0.15) is 11.3 Å². The van der Waals surface area contributed by atoms with Gasteiger partial charge in [0.2, 0.25) is 0 Å². The van der Waals surface area contributed by atoms with Gasteiger partial charge in [-0.3, -0.25) is 4.98 Å². The maximum Gasteiger partial charge on any atom is 0.141 e. The Labute approximate surface area is 97.9 Å². The molecular weight excluding hydrogens is 223 g/mol. The number of thiophene rings is 1. The molecule has 0 spiro atoms. The zero-order valence-electron chi connectivity index (χ0n) is 8.98. The van der Waals surface area contributed by atoms with Crippen LogP contribution in [0.1, 0.15) is 18.2 Å². The zero-order valence-corrected chi connectivity index (χ0v) is 9.80. The van der Waals surface area contributed by atoms with Gasteiger partial charge in [0.1, 0.15) is 5.82 Å². The lowest BCUT2D eigenvalue weighted by atomic mass is 9.91. The summed E-state index contributed by atoms with van der Waals surface area (Å²) in [7, 11) is 0. The summed E-state index contributed by atoms with van der Waals surface area (Å²) in [5.74, 6) is -0.338. The Bertz CT molecular complexity index is 448. The number of pyridine rings is 1. The summed E-state index contributed by atoms with van der Waals surface area (Å²) in [6.07, 6.45) is 1.91. The van der Waals surface area contributed by atoms with Gasteiger partial charge in [0, 0.05) is 0 Å². The highest BCUT2D eigenvalue weighted by Crippen LogP contribution is 2.22. The molecule has 84 valence electrons. The van der Waals surface area contributed by atoms with Crippen molar-refractivity contribution in [3.8, 4) is 0 Å². The lowest BCUT2D eigenvalue weighted by Crippen LogP contribution is -2.36. The first-order chi connectivity index (χ1) is 7.58. The minimum absolute atomic E-state index is 0.338. The third-order valence-corrected chi connectivity index (χ3v) is 3.20. The molecule has 1 unspecified atom stereocenters. The number of hydrogen-bond donors (Lipinski definition) is 1. The SMILES string of the molecule is CC(N)(Cc1ccsc1)c1ccc(F)cn1. The second kappa shape index (κ2) is 4.31. The molecule has 2 aromatic rings. The molecule has 2 aromatic heterocycles. The molecular formula is C12H13FN2S. The molecule has 1 atom stereocenters. The van der Waals surface area contributed by atoms with Crippen molar-refractivity contribution in [2.24, 2.45) is 5.73 Å². The summed E-state index contributed by atoms with van der Waals surface area (Å²) in [6.45, 7) is 1.91. The van der Waals surface area contributed by atoms with Gasteiger partial charge >= 0.3 is 0 Å². The predicted octanol–water partition coefficient (Wildman–Crippen LogP) is 2.70. The Kier molecular flexibility index (Phi) is 3.03. The minimum atomic E-state index is -0.561. The van der Waals surface area contributed by atoms with Gasteiger partial charge in [0.15, 0.2) is 0 Å². The van der Waals surface area contributed by atoms with Gasteiger partial charge in [0.05, 0.1) is 17.4 Å². The predicted molar refractivity (Wildman–Crippen MR) is 63.8 cm³/mol. The topological polar surface area (TPSA) is 38.9 Å². The van der Waals surface area contributed by atoms with Crippen LogP contribution in [0.25, 0.3) is 0 Å². The number of halogens is 1. The molecule has 4 heteroatoms. The lowest BCUT2D eigenvalue weighted by molar-refractivity contribution is 0.473. The monoisotopic (exact) mass is 236 g/mol. The second-order valence-electron chi connectivity index (χ2n) is 4.09. The lowest BCUT2D eigenvalue weighted by Gasteiger charge is -2.23. The first-order valence-electron chi connectivity index (χ1n) is 5.00. The van der Waals surface area contributed by atoms with Crippen molar-refractivity contribution in [2.75, 3.05) is 0 Å². The van der Waals surface area contributed by atoms with Gasteiger partial charge in [-0.15, -0.1) is 0 Å². The van der Waals surface area contributed by atoms with E-state index in [4.69, 9.17) is 5.73 Å².